The van der Waals surface area contributed by atoms with Gasteiger partial charge in [0.2, 0.25) is 5.91 Å². The van der Waals surface area contributed by atoms with Gasteiger partial charge in [0.15, 0.2) is 5.16 Å². The quantitative estimate of drug-likeness (QED) is 0.554. The van der Waals surface area contributed by atoms with Crippen LogP contribution in [0.4, 0.5) is 16.2 Å². The number of amides is 3. The molecule has 0 unspecified atom stereocenters. The molecule has 4 N–H and O–H groups in total. The number of imidazole rings is 1. The second-order valence-corrected chi connectivity index (χ2v) is 7.27. The molecule has 2 aromatic carbocycles. The number of aromatic nitrogens is 2. The van der Waals surface area contributed by atoms with Crippen molar-refractivity contribution in [3.8, 4) is 5.69 Å². The summed E-state index contributed by atoms with van der Waals surface area (Å²) < 4.78 is 1.97. The summed E-state index contributed by atoms with van der Waals surface area (Å²) in [4.78, 5) is 27.5. The van der Waals surface area contributed by atoms with Crippen molar-refractivity contribution < 1.29 is 9.59 Å². The average Bonchev–Trinajstić information content (AvgIpc) is 3.09. The van der Waals surface area contributed by atoms with Gasteiger partial charge in [0.05, 0.1) is 5.75 Å². The number of thioether (sulfide) groups is 1. The summed E-state index contributed by atoms with van der Waals surface area (Å²) in [6.07, 6.45) is 3.61. The van der Waals surface area contributed by atoms with Crippen LogP contribution in [-0.2, 0) is 4.79 Å². The first-order valence-corrected chi connectivity index (χ1v) is 9.60. The van der Waals surface area contributed by atoms with Crippen molar-refractivity contribution in [1.29, 1.82) is 0 Å². The number of urea groups is 1. The van der Waals surface area contributed by atoms with E-state index in [9.17, 15) is 9.59 Å². The van der Waals surface area contributed by atoms with Crippen LogP contribution in [0.1, 0.15) is 11.1 Å². The molecule has 8 heteroatoms. The predicted octanol–water partition coefficient (Wildman–Crippen LogP) is 3.71. The highest BCUT2D eigenvalue weighted by molar-refractivity contribution is 7.99. The van der Waals surface area contributed by atoms with E-state index in [0.717, 1.165) is 10.8 Å². The summed E-state index contributed by atoms with van der Waals surface area (Å²) in [6.45, 7) is 4.11. The Morgan fingerprint density at radius 1 is 1.04 bits per heavy atom. The molecule has 0 radical (unpaired) electrons. The van der Waals surface area contributed by atoms with Gasteiger partial charge in [-0.3, -0.25) is 9.36 Å². The van der Waals surface area contributed by atoms with Gasteiger partial charge in [-0.1, -0.05) is 17.8 Å². The first-order chi connectivity index (χ1) is 13.4. The third kappa shape index (κ3) is 5.14. The maximum absolute atomic E-state index is 12.3. The van der Waals surface area contributed by atoms with Gasteiger partial charge < -0.3 is 16.4 Å². The summed E-state index contributed by atoms with van der Waals surface area (Å²) in [5, 5.41) is 6.04. The molecule has 0 aliphatic carbocycles. The second-order valence-electron chi connectivity index (χ2n) is 6.33. The number of rotatable bonds is 6. The summed E-state index contributed by atoms with van der Waals surface area (Å²) in [6, 6.07) is 12.4. The molecule has 0 fully saturated rings. The maximum atomic E-state index is 12.3. The van der Waals surface area contributed by atoms with E-state index in [2.05, 4.69) is 47.7 Å². The first kappa shape index (κ1) is 19.5. The van der Waals surface area contributed by atoms with Gasteiger partial charge in [-0.15, -0.1) is 0 Å². The minimum absolute atomic E-state index is 0.143. The lowest BCUT2D eigenvalue weighted by Crippen LogP contribution is -2.19. The van der Waals surface area contributed by atoms with E-state index in [0.29, 0.717) is 11.4 Å². The zero-order valence-corrected chi connectivity index (χ0v) is 16.4. The number of nitrogens with one attached hydrogen (secondary N) is 2. The highest BCUT2D eigenvalue weighted by atomic mass is 32.2. The fourth-order valence-electron chi connectivity index (χ4n) is 2.79. The molecule has 7 nitrogen and oxygen atoms in total. The van der Waals surface area contributed by atoms with Crippen molar-refractivity contribution in [1.82, 2.24) is 9.55 Å². The van der Waals surface area contributed by atoms with Crippen molar-refractivity contribution in [2.75, 3.05) is 16.4 Å². The fourth-order valence-corrected chi connectivity index (χ4v) is 3.56. The van der Waals surface area contributed by atoms with E-state index in [-0.39, 0.29) is 11.7 Å². The van der Waals surface area contributed by atoms with Crippen molar-refractivity contribution in [2.45, 2.75) is 19.0 Å². The normalized spacial score (nSPS) is 10.5. The molecular weight excluding hydrogens is 374 g/mol. The van der Waals surface area contributed by atoms with E-state index >= 15 is 0 Å². The minimum Gasteiger partial charge on any atom is -0.351 e. The van der Waals surface area contributed by atoms with Gasteiger partial charge in [-0.2, -0.15) is 0 Å². The van der Waals surface area contributed by atoms with E-state index in [4.69, 9.17) is 5.73 Å². The lowest BCUT2D eigenvalue weighted by Gasteiger charge is -2.10. The molecular formula is C20H21N5O2S. The highest BCUT2D eigenvalue weighted by Crippen LogP contribution is 2.22. The molecule has 0 saturated heterocycles. The van der Waals surface area contributed by atoms with Gasteiger partial charge in [0.1, 0.15) is 0 Å². The smallest absolute Gasteiger partial charge is 0.316 e. The van der Waals surface area contributed by atoms with Crippen LogP contribution in [0.25, 0.3) is 5.69 Å². The van der Waals surface area contributed by atoms with Crippen LogP contribution >= 0.6 is 11.8 Å². The lowest BCUT2D eigenvalue weighted by atomic mass is 10.1. The van der Waals surface area contributed by atoms with Gasteiger partial charge in [0.25, 0.3) is 0 Å². The minimum atomic E-state index is -0.632. The van der Waals surface area contributed by atoms with Gasteiger partial charge in [0, 0.05) is 29.5 Å². The van der Waals surface area contributed by atoms with Crippen LogP contribution in [0.15, 0.2) is 60.0 Å². The Labute approximate surface area is 167 Å². The summed E-state index contributed by atoms with van der Waals surface area (Å²) in [5.41, 5.74) is 9.64. The number of hydrogen-bond acceptors (Lipinski definition) is 4. The maximum Gasteiger partial charge on any atom is 0.316 e. The van der Waals surface area contributed by atoms with E-state index in [1.54, 1.807) is 30.5 Å². The van der Waals surface area contributed by atoms with Crippen LogP contribution in [0.2, 0.25) is 0 Å². The largest absolute Gasteiger partial charge is 0.351 e. The third-order valence-electron chi connectivity index (χ3n) is 3.86. The van der Waals surface area contributed by atoms with E-state index in [1.807, 2.05) is 10.8 Å². The second kappa shape index (κ2) is 8.62. The zero-order valence-electron chi connectivity index (χ0n) is 15.6. The lowest BCUT2D eigenvalue weighted by molar-refractivity contribution is -0.113. The topological polar surface area (TPSA) is 102 Å². The highest BCUT2D eigenvalue weighted by Gasteiger charge is 2.10. The summed E-state index contributed by atoms with van der Waals surface area (Å²) in [7, 11) is 0. The first-order valence-electron chi connectivity index (χ1n) is 8.62. The van der Waals surface area contributed by atoms with Gasteiger partial charge >= 0.3 is 6.03 Å². The van der Waals surface area contributed by atoms with Crippen LogP contribution < -0.4 is 16.4 Å². The SMILES string of the molecule is Cc1cc(C)cc(-n2ccnc2SCC(=O)Nc2ccc(NC(N)=O)cc2)c1. The van der Waals surface area contributed by atoms with Crippen LogP contribution in [0.3, 0.4) is 0 Å². The number of anilines is 2. The zero-order chi connectivity index (χ0) is 20.1. The number of carbonyl (C=O) groups is 2. The van der Waals surface area contributed by atoms with Gasteiger partial charge in [-0.25, -0.2) is 9.78 Å². The molecule has 1 heterocycles. The van der Waals surface area contributed by atoms with Crippen LogP contribution in [-0.4, -0.2) is 27.2 Å². The van der Waals surface area contributed by atoms with Crippen LogP contribution in [0.5, 0.6) is 0 Å². The molecule has 0 aliphatic rings. The number of hydrogen-bond donors (Lipinski definition) is 3. The van der Waals surface area contributed by atoms with Crippen molar-refractivity contribution in [2.24, 2.45) is 5.73 Å². The fraction of sp³-hybridized carbons (Fsp3) is 0.150. The van der Waals surface area contributed by atoms with Crippen molar-refractivity contribution >= 4 is 35.1 Å². The number of benzene rings is 2. The monoisotopic (exact) mass is 395 g/mol. The molecule has 144 valence electrons. The number of nitrogens with two attached hydrogens (primary N) is 1. The molecule has 0 bridgehead atoms. The molecule has 0 spiro atoms. The summed E-state index contributed by atoms with van der Waals surface area (Å²) >= 11 is 1.37. The Hall–Kier alpha value is -3.26. The molecule has 0 aliphatic heterocycles. The van der Waals surface area contributed by atoms with Crippen LogP contribution in [0, 0.1) is 13.8 Å². The molecule has 0 saturated carbocycles. The molecule has 3 rings (SSSR count). The van der Waals surface area contributed by atoms with Crippen molar-refractivity contribution in [3.05, 3.63) is 66.0 Å². The number of aryl methyl sites for hydroxylation is 2. The Balaban J connectivity index is 1.61. The van der Waals surface area contributed by atoms with Gasteiger partial charge in [-0.05, 0) is 61.4 Å². The number of primary amides is 1. The molecule has 3 aromatic rings. The molecule has 3 amide bonds. The third-order valence-corrected chi connectivity index (χ3v) is 4.83. The molecule has 28 heavy (non-hydrogen) atoms. The van der Waals surface area contributed by atoms with Crippen molar-refractivity contribution in [3.63, 3.8) is 0 Å². The molecule has 0 atom stereocenters. The Bertz CT molecular complexity index is 978. The number of nitrogens with zero attached hydrogens (tertiary/aromatic N) is 2. The summed E-state index contributed by atoms with van der Waals surface area (Å²) in [5.74, 6) is 0.0823. The van der Waals surface area contributed by atoms with E-state index in [1.165, 1.54) is 22.9 Å². The Morgan fingerprint density at radius 3 is 2.25 bits per heavy atom. The number of carbonyl (C=O) groups excluding carboxylic acids is 2. The predicted molar refractivity (Wildman–Crippen MR) is 112 cm³/mol. The Morgan fingerprint density at radius 2 is 1.64 bits per heavy atom. The molecule has 1 aromatic heterocycles. The standard InChI is InChI=1S/C20H21N5O2S/c1-13-9-14(2)11-17(10-13)25-8-7-22-20(25)28-12-18(26)23-15-3-5-16(6-4-15)24-19(21)27/h3-11H,12H2,1-2H3,(H,23,26)(H3,21,24,27). The average molecular weight is 395 g/mol. The Kier molecular flexibility index (Phi) is 6.00. The van der Waals surface area contributed by atoms with E-state index < -0.39 is 6.03 Å².